The lowest BCUT2D eigenvalue weighted by molar-refractivity contribution is -0.195. The Bertz CT molecular complexity index is 2000. The minimum atomic E-state index is -4.27. The zero-order chi connectivity index (χ0) is 33.4. The maximum absolute atomic E-state index is 13.1. The Morgan fingerprint density at radius 2 is 1.83 bits per heavy atom. The number of halogens is 3. The number of hydrogen-bond acceptors (Lipinski definition) is 8. The lowest BCUT2D eigenvalue weighted by Crippen LogP contribution is -2.65. The van der Waals surface area contributed by atoms with Gasteiger partial charge in [0, 0.05) is 60.7 Å². The van der Waals surface area contributed by atoms with Crippen molar-refractivity contribution in [3.05, 3.63) is 51.8 Å². The second-order valence-electron chi connectivity index (χ2n) is 14.4. The third kappa shape index (κ3) is 6.36. The van der Waals surface area contributed by atoms with Crippen LogP contribution in [0.1, 0.15) is 66.6 Å². The number of likely N-dealkylation sites (tertiary alicyclic amines) is 1. The number of sulfone groups is 1. The second kappa shape index (κ2) is 11.4. The number of rotatable bonds is 10. The summed E-state index contributed by atoms with van der Waals surface area (Å²) in [6.45, 7) is 7.35. The molecule has 2 bridgehead atoms. The predicted octanol–water partition coefficient (Wildman–Crippen LogP) is 6.78. The lowest BCUT2D eigenvalue weighted by Gasteiger charge is -2.71. The third-order valence-electron chi connectivity index (χ3n) is 10.4. The van der Waals surface area contributed by atoms with Gasteiger partial charge in [0.15, 0.2) is 0 Å². The van der Waals surface area contributed by atoms with Gasteiger partial charge < -0.3 is 9.88 Å². The summed E-state index contributed by atoms with van der Waals surface area (Å²) in [6, 6.07) is 10.4. The number of aryl methyl sites for hydroxylation is 2. The Hall–Kier alpha value is -3.21. The summed E-state index contributed by atoms with van der Waals surface area (Å²) in [5.41, 5.74) is 4.14. The fourth-order valence-electron chi connectivity index (χ4n) is 8.64. The molecular weight excluding hydrogens is 646 g/mol. The Morgan fingerprint density at radius 1 is 1.11 bits per heavy atom. The van der Waals surface area contributed by atoms with E-state index in [-0.39, 0.29) is 27.5 Å². The summed E-state index contributed by atoms with van der Waals surface area (Å²) < 4.78 is 65.1. The zero-order valence-corrected chi connectivity index (χ0v) is 28.5. The van der Waals surface area contributed by atoms with Crippen LogP contribution in [-0.2, 0) is 35.8 Å². The molecule has 0 atom stereocenters. The number of aromatic nitrogens is 3. The number of hydrogen-bond donors (Lipinski definition) is 1. The minimum Gasteiger partial charge on any atom is -0.367 e. The highest BCUT2D eigenvalue weighted by atomic mass is 32.2. The molecule has 0 radical (unpaired) electrons. The summed E-state index contributed by atoms with van der Waals surface area (Å²) >= 11 is 1.09. The van der Waals surface area contributed by atoms with E-state index in [1.54, 1.807) is 6.07 Å². The first-order valence-corrected chi connectivity index (χ1v) is 19.1. The van der Waals surface area contributed by atoms with Gasteiger partial charge >= 0.3 is 6.18 Å². The molecule has 0 spiro atoms. The first-order valence-electron chi connectivity index (χ1n) is 16.2. The summed E-state index contributed by atoms with van der Waals surface area (Å²) in [5.74, 6) is 1.51. The van der Waals surface area contributed by atoms with Crippen molar-refractivity contribution >= 4 is 48.1 Å². The number of nitriles is 1. The van der Waals surface area contributed by atoms with Crippen LogP contribution in [0.15, 0.2) is 24.3 Å². The molecule has 13 heteroatoms. The van der Waals surface area contributed by atoms with E-state index in [0.717, 1.165) is 80.5 Å². The zero-order valence-electron chi connectivity index (χ0n) is 26.9. The highest BCUT2D eigenvalue weighted by molar-refractivity contribution is 7.90. The van der Waals surface area contributed by atoms with Gasteiger partial charge in [-0.1, -0.05) is 13.0 Å². The molecule has 1 aliphatic heterocycles. The lowest BCUT2D eigenvalue weighted by atomic mass is 9.36. The van der Waals surface area contributed by atoms with Gasteiger partial charge in [-0.05, 0) is 79.2 Å². The Kier molecular flexibility index (Phi) is 7.88. The van der Waals surface area contributed by atoms with Crippen LogP contribution in [0.25, 0.3) is 21.1 Å². The molecule has 3 aliphatic carbocycles. The van der Waals surface area contributed by atoms with Crippen LogP contribution in [0.3, 0.4) is 0 Å². The summed E-state index contributed by atoms with van der Waals surface area (Å²) in [4.78, 5) is 12.4. The van der Waals surface area contributed by atoms with Crippen molar-refractivity contribution in [3.63, 3.8) is 0 Å². The smallest absolute Gasteiger partial charge is 0.367 e. The van der Waals surface area contributed by atoms with E-state index in [0.29, 0.717) is 34.0 Å². The number of fused-ring (bicyclic) bond motifs is 2. The maximum atomic E-state index is 13.1. The molecule has 0 unspecified atom stereocenters. The molecule has 0 amide bonds. The molecular formula is C34H39F3N6O2S2. The van der Waals surface area contributed by atoms with Crippen molar-refractivity contribution in [2.75, 3.05) is 30.4 Å². The first-order chi connectivity index (χ1) is 22.2. The highest BCUT2D eigenvalue weighted by Gasteiger charge is 2.68. The first kappa shape index (κ1) is 32.3. The van der Waals surface area contributed by atoms with E-state index in [1.807, 2.05) is 13.0 Å². The molecule has 4 aromatic rings. The van der Waals surface area contributed by atoms with E-state index in [1.165, 1.54) is 17.4 Å². The van der Waals surface area contributed by atoms with Crippen LogP contribution in [0.2, 0.25) is 0 Å². The van der Waals surface area contributed by atoms with Crippen molar-refractivity contribution < 1.29 is 21.6 Å². The molecule has 250 valence electrons. The van der Waals surface area contributed by atoms with Gasteiger partial charge in [0.05, 0.1) is 17.6 Å². The van der Waals surface area contributed by atoms with Gasteiger partial charge in [0.2, 0.25) is 0 Å². The number of nitrogens with zero attached hydrogens (tertiary/aromatic N) is 5. The Morgan fingerprint density at radius 3 is 2.47 bits per heavy atom. The molecule has 4 heterocycles. The number of alkyl halides is 3. The van der Waals surface area contributed by atoms with Gasteiger partial charge in [0.25, 0.3) is 0 Å². The maximum Gasteiger partial charge on any atom is 0.393 e. The highest BCUT2D eigenvalue weighted by Crippen LogP contribution is 2.74. The van der Waals surface area contributed by atoms with Crippen LogP contribution >= 0.6 is 11.3 Å². The normalized spacial score (nSPS) is 23.5. The van der Waals surface area contributed by atoms with Crippen molar-refractivity contribution in [3.8, 4) is 6.07 Å². The molecule has 3 aromatic heterocycles. The van der Waals surface area contributed by atoms with Crippen LogP contribution in [0.4, 0.5) is 19.0 Å². The van der Waals surface area contributed by atoms with Crippen LogP contribution < -0.4 is 5.32 Å². The standard InChI is InChI=1S/C34H39F3N6O2S2/c1-4-29-40-30(27-12-25(13-34(35,36)37)46-31(27)41-29)39-23-7-9-42(10-8-23)15-22-5-6-28-26(21(22)2)11-24(14-38)43(28)19-32-16-33(17-32,18-32)20-47(3,44)45/h5-6,11-12,23H,4,7-10,13,15-20H2,1-3H3,(H,39,40,41). The molecule has 4 fully saturated rings. The Balaban J connectivity index is 1.01. The summed E-state index contributed by atoms with van der Waals surface area (Å²) in [5, 5.41) is 15.3. The van der Waals surface area contributed by atoms with E-state index >= 15 is 0 Å². The van der Waals surface area contributed by atoms with E-state index in [2.05, 4.69) is 49.9 Å². The van der Waals surface area contributed by atoms with Crippen LogP contribution in [0, 0.1) is 29.1 Å². The summed E-state index contributed by atoms with van der Waals surface area (Å²) in [7, 11) is -3.00. The van der Waals surface area contributed by atoms with Gasteiger partial charge in [-0.2, -0.15) is 18.4 Å². The Labute approximate surface area is 276 Å². The number of anilines is 1. The molecule has 1 saturated heterocycles. The average molecular weight is 685 g/mol. The van der Waals surface area contributed by atoms with Crippen molar-refractivity contribution in [1.82, 2.24) is 19.4 Å². The topological polar surface area (TPSA) is 104 Å². The SMILES string of the molecule is CCc1nc(NC2CCN(Cc3ccc4c(cc(C#N)n4CC45CC(CS(C)(=O)=O)(C4)C5)c3C)CC2)c2cc(CC(F)(F)F)sc2n1. The molecule has 4 aliphatic rings. The fraction of sp³-hybridized carbons (Fsp3) is 0.559. The third-order valence-corrected chi connectivity index (χ3v) is 12.6. The van der Waals surface area contributed by atoms with Gasteiger partial charge in [-0.3, -0.25) is 4.90 Å². The van der Waals surface area contributed by atoms with E-state index in [4.69, 9.17) is 0 Å². The summed E-state index contributed by atoms with van der Waals surface area (Å²) in [6.07, 6.45) is 1.18. The molecule has 8 rings (SSSR count). The molecule has 47 heavy (non-hydrogen) atoms. The van der Waals surface area contributed by atoms with Crippen LogP contribution in [0.5, 0.6) is 0 Å². The van der Waals surface area contributed by atoms with Gasteiger partial charge in [-0.15, -0.1) is 11.3 Å². The number of nitrogens with one attached hydrogen (secondary N) is 1. The fourth-order valence-corrected chi connectivity index (χ4v) is 11.1. The van der Waals surface area contributed by atoms with Crippen molar-refractivity contribution in [2.24, 2.45) is 10.8 Å². The second-order valence-corrected chi connectivity index (χ2v) is 17.6. The number of piperidine rings is 1. The average Bonchev–Trinajstić information content (AvgIpc) is 3.52. The van der Waals surface area contributed by atoms with Crippen molar-refractivity contribution in [2.45, 2.75) is 84.1 Å². The van der Waals surface area contributed by atoms with E-state index in [9.17, 15) is 26.9 Å². The quantitative estimate of drug-likeness (QED) is 0.196. The number of benzene rings is 1. The molecule has 8 nitrogen and oxygen atoms in total. The molecule has 3 saturated carbocycles. The minimum absolute atomic E-state index is 0.0566. The number of thiophene rings is 1. The van der Waals surface area contributed by atoms with Crippen LogP contribution in [-0.4, -0.2) is 65.2 Å². The molecule has 1 aromatic carbocycles. The molecule has 1 N–H and O–H groups in total. The van der Waals surface area contributed by atoms with Gasteiger partial charge in [0.1, 0.15) is 38.1 Å². The van der Waals surface area contributed by atoms with Gasteiger partial charge in [-0.25, -0.2) is 18.4 Å². The van der Waals surface area contributed by atoms with Crippen molar-refractivity contribution in [1.29, 1.82) is 5.26 Å². The van der Waals surface area contributed by atoms with E-state index < -0.39 is 22.4 Å². The predicted molar refractivity (Wildman–Crippen MR) is 178 cm³/mol. The largest absolute Gasteiger partial charge is 0.393 e. The monoisotopic (exact) mass is 684 g/mol.